The Morgan fingerprint density at radius 1 is 1.41 bits per heavy atom. The summed E-state index contributed by atoms with van der Waals surface area (Å²) in [4.78, 5) is 0. The normalized spacial score (nSPS) is 28.6. The van der Waals surface area contributed by atoms with Crippen molar-refractivity contribution in [2.75, 3.05) is 7.05 Å². The number of halogens is 2. The summed E-state index contributed by atoms with van der Waals surface area (Å²) >= 11 is 3.29. The van der Waals surface area contributed by atoms with Gasteiger partial charge in [-0.3, -0.25) is 0 Å². The van der Waals surface area contributed by atoms with Crippen LogP contribution in [0.5, 0.6) is 0 Å². The van der Waals surface area contributed by atoms with Crippen LogP contribution >= 0.6 is 15.9 Å². The first-order valence-corrected chi connectivity index (χ1v) is 7.02. The van der Waals surface area contributed by atoms with Gasteiger partial charge in [0.2, 0.25) is 0 Å². The molecule has 17 heavy (non-hydrogen) atoms. The summed E-state index contributed by atoms with van der Waals surface area (Å²) in [6.45, 7) is 2.27. The van der Waals surface area contributed by atoms with E-state index in [1.807, 2.05) is 19.2 Å². The van der Waals surface area contributed by atoms with Gasteiger partial charge < -0.3 is 5.32 Å². The molecule has 0 radical (unpaired) electrons. The molecular weight excluding hydrogens is 281 g/mol. The molecule has 0 aliphatic heterocycles. The van der Waals surface area contributed by atoms with Crippen molar-refractivity contribution in [3.8, 4) is 0 Å². The van der Waals surface area contributed by atoms with Crippen molar-refractivity contribution in [1.29, 1.82) is 0 Å². The molecule has 3 atom stereocenters. The lowest BCUT2D eigenvalue weighted by Gasteiger charge is -2.20. The van der Waals surface area contributed by atoms with Gasteiger partial charge in [0.25, 0.3) is 0 Å². The molecule has 3 heteroatoms. The Hall–Kier alpha value is -0.410. The van der Waals surface area contributed by atoms with Gasteiger partial charge in [-0.05, 0) is 55.8 Å². The van der Waals surface area contributed by atoms with Gasteiger partial charge >= 0.3 is 0 Å². The first-order chi connectivity index (χ1) is 8.11. The predicted molar refractivity (Wildman–Crippen MR) is 72.5 cm³/mol. The van der Waals surface area contributed by atoms with Gasteiger partial charge in [-0.2, -0.15) is 0 Å². The molecule has 0 spiro atoms. The molecule has 3 unspecified atom stereocenters. The predicted octanol–water partition coefficient (Wildman–Crippen LogP) is 3.76. The van der Waals surface area contributed by atoms with E-state index in [2.05, 4.69) is 28.2 Å². The summed E-state index contributed by atoms with van der Waals surface area (Å²) in [5.74, 6) is 1.14. The van der Waals surface area contributed by atoms with E-state index in [-0.39, 0.29) is 5.82 Å². The quantitative estimate of drug-likeness (QED) is 0.896. The third-order valence-electron chi connectivity index (χ3n) is 4.09. The number of nitrogens with one attached hydrogen (secondary N) is 1. The average Bonchev–Trinajstić information content (AvgIpc) is 2.64. The van der Waals surface area contributed by atoms with Crippen LogP contribution in [-0.4, -0.2) is 13.1 Å². The summed E-state index contributed by atoms with van der Waals surface area (Å²) < 4.78 is 14.6. The second kappa shape index (κ2) is 5.49. The second-order valence-electron chi connectivity index (χ2n) is 5.03. The molecule has 94 valence electrons. The number of benzene rings is 1. The first-order valence-electron chi connectivity index (χ1n) is 6.23. The Kier molecular flexibility index (Phi) is 4.21. The zero-order valence-corrected chi connectivity index (χ0v) is 11.9. The standard InChI is InChI=1S/C14H19BrFN/c1-9-10(4-6-14(9)17-2)7-11-3-5-12(15)8-13(11)16/h3,5,8-10,14,17H,4,6-7H2,1-2H3. The maximum atomic E-state index is 13.8. The molecule has 1 N–H and O–H groups in total. The Balaban J connectivity index is 2.06. The van der Waals surface area contributed by atoms with E-state index in [1.165, 1.54) is 12.8 Å². The van der Waals surface area contributed by atoms with Gasteiger partial charge in [-0.1, -0.05) is 28.9 Å². The summed E-state index contributed by atoms with van der Waals surface area (Å²) in [5.41, 5.74) is 0.849. The smallest absolute Gasteiger partial charge is 0.127 e. The van der Waals surface area contributed by atoms with Crippen LogP contribution in [0.4, 0.5) is 4.39 Å². The molecule has 1 nitrogen and oxygen atoms in total. The molecule has 1 aliphatic rings. The summed E-state index contributed by atoms with van der Waals surface area (Å²) in [6.07, 6.45) is 3.26. The Morgan fingerprint density at radius 2 is 2.18 bits per heavy atom. The molecule has 1 fully saturated rings. The van der Waals surface area contributed by atoms with E-state index in [1.54, 1.807) is 6.07 Å². The van der Waals surface area contributed by atoms with E-state index >= 15 is 0 Å². The number of hydrogen-bond donors (Lipinski definition) is 1. The molecule has 0 bridgehead atoms. The van der Waals surface area contributed by atoms with Crippen molar-refractivity contribution in [2.45, 2.75) is 32.2 Å². The highest BCUT2D eigenvalue weighted by Gasteiger charge is 2.31. The van der Waals surface area contributed by atoms with Crippen molar-refractivity contribution >= 4 is 15.9 Å². The van der Waals surface area contributed by atoms with Crippen LogP contribution in [0.15, 0.2) is 22.7 Å². The fourth-order valence-electron chi connectivity index (χ4n) is 2.91. The highest BCUT2D eigenvalue weighted by molar-refractivity contribution is 9.10. The van der Waals surface area contributed by atoms with Crippen LogP contribution in [0, 0.1) is 17.7 Å². The van der Waals surface area contributed by atoms with E-state index in [9.17, 15) is 4.39 Å². The van der Waals surface area contributed by atoms with Gasteiger partial charge in [-0.25, -0.2) is 4.39 Å². The minimum Gasteiger partial charge on any atom is -0.317 e. The largest absolute Gasteiger partial charge is 0.317 e. The Bertz CT molecular complexity index is 394. The zero-order valence-electron chi connectivity index (χ0n) is 10.3. The van der Waals surface area contributed by atoms with Crippen molar-refractivity contribution in [2.24, 2.45) is 11.8 Å². The molecule has 1 aliphatic carbocycles. The van der Waals surface area contributed by atoms with Crippen LogP contribution in [0.1, 0.15) is 25.3 Å². The monoisotopic (exact) mass is 299 g/mol. The molecule has 0 aromatic heterocycles. The van der Waals surface area contributed by atoms with Gasteiger partial charge in [0.15, 0.2) is 0 Å². The lowest BCUT2D eigenvalue weighted by atomic mass is 9.89. The van der Waals surface area contributed by atoms with E-state index in [4.69, 9.17) is 0 Å². The van der Waals surface area contributed by atoms with Crippen molar-refractivity contribution < 1.29 is 4.39 Å². The lowest BCUT2D eigenvalue weighted by molar-refractivity contribution is 0.360. The minimum absolute atomic E-state index is 0.0838. The van der Waals surface area contributed by atoms with Crippen LogP contribution in [-0.2, 0) is 6.42 Å². The molecule has 1 aromatic rings. The number of hydrogen-bond acceptors (Lipinski definition) is 1. The lowest BCUT2D eigenvalue weighted by Crippen LogP contribution is -2.29. The highest BCUT2D eigenvalue weighted by Crippen LogP contribution is 2.34. The Labute approximate surface area is 111 Å². The molecule has 0 amide bonds. The van der Waals surface area contributed by atoms with Gasteiger partial charge in [0.05, 0.1) is 0 Å². The maximum absolute atomic E-state index is 13.8. The van der Waals surface area contributed by atoms with Crippen LogP contribution in [0.2, 0.25) is 0 Å². The maximum Gasteiger partial charge on any atom is 0.127 e. The molecule has 0 saturated heterocycles. The van der Waals surface area contributed by atoms with Crippen LogP contribution in [0.3, 0.4) is 0 Å². The minimum atomic E-state index is -0.0838. The topological polar surface area (TPSA) is 12.0 Å². The molecule has 2 rings (SSSR count). The molecular formula is C14H19BrFN. The zero-order chi connectivity index (χ0) is 12.4. The summed E-state index contributed by atoms with van der Waals surface area (Å²) in [7, 11) is 2.02. The average molecular weight is 300 g/mol. The summed E-state index contributed by atoms with van der Waals surface area (Å²) in [5, 5.41) is 3.35. The second-order valence-corrected chi connectivity index (χ2v) is 5.95. The van der Waals surface area contributed by atoms with Crippen LogP contribution < -0.4 is 5.32 Å². The fraction of sp³-hybridized carbons (Fsp3) is 0.571. The van der Waals surface area contributed by atoms with Crippen molar-refractivity contribution in [1.82, 2.24) is 5.32 Å². The summed E-state index contributed by atoms with van der Waals surface area (Å²) in [6, 6.07) is 5.98. The van der Waals surface area contributed by atoms with Crippen LogP contribution in [0.25, 0.3) is 0 Å². The molecule has 0 heterocycles. The third kappa shape index (κ3) is 2.89. The first kappa shape index (κ1) is 13.0. The van der Waals surface area contributed by atoms with Gasteiger partial charge in [0, 0.05) is 10.5 Å². The third-order valence-corrected chi connectivity index (χ3v) is 4.59. The van der Waals surface area contributed by atoms with E-state index < -0.39 is 0 Å². The Morgan fingerprint density at radius 3 is 2.76 bits per heavy atom. The molecule has 1 aromatic carbocycles. The van der Waals surface area contributed by atoms with Crippen molar-refractivity contribution in [3.05, 3.63) is 34.1 Å². The SMILES string of the molecule is CNC1CCC(Cc2ccc(Br)cc2F)C1C. The fourth-order valence-corrected chi connectivity index (χ4v) is 3.25. The molecule has 1 saturated carbocycles. The van der Waals surface area contributed by atoms with Crippen molar-refractivity contribution in [3.63, 3.8) is 0 Å². The van der Waals surface area contributed by atoms with E-state index in [0.29, 0.717) is 17.9 Å². The van der Waals surface area contributed by atoms with E-state index in [0.717, 1.165) is 16.5 Å². The van der Waals surface area contributed by atoms with Gasteiger partial charge in [-0.15, -0.1) is 0 Å². The highest BCUT2D eigenvalue weighted by atomic mass is 79.9. The van der Waals surface area contributed by atoms with Gasteiger partial charge in [0.1, 0.15) is 5.82 Å². The number of rotatable bonds is 3.